The lowest BCUT2D eigenvalue weighted by Gasteiger charge is -2.34. The molecule has 0 aromatic heterocycles. The highest BCUT2D eigenvalue weighted by Crippen LogP contribution is 2.41. The maximum Gasteiger partial charge on any atom is 0.237 e. The quantitative estimate of drug-likeness (QED) is 0.694. The van der Waals surface area contributed by atoms with Crippen molar-refractivity contribution >= 4 is 5.91 Å². The highest BCUT2D eigenvalue weighted by Gasteiger charge is 2.43. The molecule has 0 aliphatic heterocycles. The van der Waals surface area contributed by atoms with E-state index in [4.69, 9.17) is 5.73 Å². The molecule has 25 heavy (non-hydrogen) atoms. The van der Waals surface area contributed by atoms with Gasteiger partial charge in [0.2, 0.25) is 5.91 Å². The third-order valence-corrected chi connectivity index (χ3v) is 4.90. The summed E-state index contributed by atoms with van der Waals surface area (Å²) in [5, 5.41) is 0. The maximum absolute atomic E-state index is 13.0. The first-order valence-corrected chi connectivity index (χ1v) is 8.61. The van der Waals surface area contributed by atoms with Crippen LogP contribution < -0.4 is 5.73 Å². The minimum atomic E-state index is -1.00. The first-order valence-electron chi connectivity index (χ1n) is 8.61. The van der Waals surface area contributed by atoms with E-state index in [1.165, 1.54) is 5.56 Å². The van der Waals surface area contributed by atoms with Crippen LogP contribution in [0.2, 0.25) is 0 Å². The van der Waals surface area contributed by atoms with Crippen LogP contribution in [0.5, 0.6) is 0 Å². The van der Waals surface area contributed by atoms with Crippen LogP contribution in [0.4, 0.5) is 0 Å². The van der Waals surface area contributed by atoms with E-state index in [0.717, 1.165) is 28.7 Å². The Morgan fingerprint density at radius 3 is 1.84 bits per heavy atom. The van der Waals surface area contributed by atoms with Crippen molar-refractivity contribution in [3.05, 3.63) is 107 Å². The molecule has 3 aromatic carbocycles. The predicted molar refractivity (Wildman–Crippen MR) is 103 cm³/mol. The first-order chi connectivity index (χ1) is 12.1. The normalized spacial score (nSPS) is 11.3. The number of carbonyl (C=O) groups excluding carboxylic acids is 1. The molecule has 0 spiro atoms. The molecule has 3 aromatic rings. The Morgan fingerprint density at radius 2 is 1.40 bits per heavy atom. The second kappa shape index (κ2) is 6.94. The molecule has 2 nitrogen and oxygen atoms in total. The van der Waals surface area contributed by atoms with Gasteiger partial charge in [0.15, 0.2) is 0 Å². The molecule has 0 unspecified atom stereocenters. The van der Waals surface area contributed by atoms with Crippen molar-refractivity contribution in [2.45, 2.75) is 25.7 Å². The number of amides is 1. The van der Waals surface area contributed by atoms with Gasteiger partial charge in [0.1, 0.15) is 5.41 Å². The van der Waals surface area contributed by atoms with Crippen molar-refractivity contribution in [3.63, 3.8) is 0 Å². The number of carbonyl (C=O) groups is 1. The van der Waals surface area contributed by atoms with E-state index in [-0.39, 0.29) is 5.91 Å². The summed E-state index contributed by atoms with van der Waals surface area (Å²) >= 11 is 0. The van der Waals surface area contributed by atoms with Crippen LogP contribution in [-0.4, -0.2) is 5.91 Å². The van der Waals surface area contributed by atoms with E-state index in [0.29, 0.717) is 0 Å². The monoisotopic (exact) mass is 329 g/mol. The first kappa shape index (κ1) is 17.0. The number of primary amides is 1. The van der Waals surface area contributed by atoms with Gasteiger partial charge in [0.25, 0.3) is 0 Å². The predicted octanol–water partition coefficient (Wildman–Crippen LogP) is 4.38. The third-order valence-electron chi connectivity index (χ3n) is 4.90. The highest BCUT2D eigenvalue weighted by molar-refractivity contribution is 5.95. The second-order valence-corrected chi connectivity index (χ2v) is 6.35. The van der Waals surface area contributed by atoms with Crippen molar-refractivity contribution in [3.8, 4) is 0 Å². The summed E-state index contributed by atoms with van der Waals surface area (Å²) in [6.45, 7) is 4.16. The fraction of sp³-hybridized carbons (Fsp3) is 0.174. The van der Waals surface area contributed by atoms with Crippen molar-refractivity contribution in [1.29, 1.82) is 0 Å². The van der Waals surface area contributed by atoms with Gasteiger partial charge < -0.3 is 5.73 Å². The van der Waals surface area contributed by atoms with Gasteiger partial charge in [-0.3, -0.25) is 4.79 Å². The Bertz CT molecular complexity index is 830. The molecule has 1 amide bonds. The minimum Gasteiger partial charge on any atom is -0.368 e. The van der Waals surface area contributed by atoms with Crippen LogP contribution in [0.1, 0.15) is 34.7 Å². The van der Waals surface area contributed by atoms with Gasteiger partial charge in [-0.2, -0.15) is 0 Å². The van der Waals surface area contributed by atoms with Gasteiger partial charge in [-0.05, 0) is 41.2 Å². The number of hydrogen-bond acceptors (Lipinski definition) is 1. The average molecular weight is 329 g/mol. The second-order valence-electron chi connectivity index (χ2n) is 6.35. The lowest BCUT2D eigenvalue weighted by atomic mass is 9.67. The summed E-state index contributed by atoms with van der Waals surface area (Å²) < 4.78 is 0. The molecule has 0 bridgehead atoms. The molecule has 0 saturated heterocycles. The molecule has 0 atom stereocenters. The van der Waals surface area contributed by atoms with E-state index >= 15 is 0 Å². The van der Waals surface area contributed by atoms with Gasteiger partial charge in [0, 0.05) is 0 Å². The van der Waals surface area contributed by atoms with Crippen molar-refractivity contribution in [2.24, 2.45) is 5.73 Å². The maximum atomic E-state index is 13.0. The Kier molecular flexibility index (Phi) is 4.71. The van der Waals surface area contributed by atoms with Gasteiger partial charge >= 0.3 is 0 Å². The topological polar surface area (TPSA) is 43.1 Å². The Balaban J connectivity index is 2.43. The van der Waals surface area contributed by atoms with Crippen LogP contribution in [0.3, 0.4) is 0 Å². The minimum absolute atomic E-state index is 0.360. The number of aryl methyl sites for hydroxylation is 2. The van der Waals surface area contributed by atoms with Crippen LogP contribution in [0.25, 0.3) is 0 Å². The van der Waals surface area contributed by atoms with Crippen LogP contribution in [0.15, 0.2) is 78.9 Å². The van der Waals surface area contributed by atoms with Gasteiger partial charge in [0.05, 0.1) is 0 Å². The molecule has 0 aliphatic carbocycles. The Hall–Kier alpha value is -2.87. The van der Waals surface area contributed by atoms with Crippen molar-refractivity contribution in [1.82, 2.24) is 0 Å². The van der Waals surface area contributed by atoms with Gasteiger partial charge in [-0.15, -0.1) is 0 Å². The summed E-state index contributed by atoms with van der Waals surface area (Å²) in [4.78, 5) is 13.0. The summed E-state index contributed by atoms with van der Waals surface area (Å²) in [5.74, 6) is -0.360. The zero-order chi connectivity index (χ0) is 17.9. The molecule has 0 aliphatic rings. The number of hydrogen-bond donors (Lipinski definition) is 1. The molecule has 3 rings (SSSR count). The fourth-order valence-electron chi connectivity index (χ4n) is 3.56. The third kappa shape index (κ3) is 2.85. The summed E-state index contributed by atoms with van der Waals surface area (Å²) in [7, 11) is 0. The molecule has 2 N–H and O–H groups in total. The van der Waals surface area contributed by atoms with Crippen molar-refractivity contribution in [2.75, 3.05) is 0 Å². The molecular formula is C23H23NO. The van der Waals surface area contributed by atoms with E-state index in [2.05, 4.69) is 25.1 Å². The Labute approximate surface area is 149 Å². The van der Waals surface area contributed by atoms with Crippen LogP contribution in [-0.2, 0) is 16.6 Å². The standard InChI is InChI=1S/C23H23NO/c1-3-18-15-14-17(2)21(16-18)23(22(24)25,19-10-6-4-7-11-19)20-12-8-5-9-13-20/h4-16H,3H2,1-2H3,(H2,24,25). The van der Waals surface area contributed by atoms with E-state index in [9.17, 15) is 4.79 Å². The lowest BCUT2D eigenvalue weighted by Crippen LogP contribution is -2.44. The molecule has 0 heterocycles. The highest BCUT2D eigenvalue weighted by atomic mass is 16.1. The Morgan fingerprint density at radius 1 is 0.880 bits per heavy atom. The van der Waals surface area contributed by atoms with E-state index in [1.54, 1.807) is 0 Å². The average Bonchev–Trinajstić information content (AvgIpc) is 2.65. The summed E-state index contributed by atoms with van der Waals surface area (Å²) in [6, 6.07) is 26.0. The molecule has 0 fully saturated rings. The van der Waals surface area contributed by atoms with Crippen LogP contribution in [0, 0.1) is 6.92 Å². The number of rotatable bonds is 5. The molecule has 126 valence electrons. The molecular weight excluding hydrogens is 306 g/mol. The zero-order valence-electron chi connectivity index (χ0n) is 14.7. The number of benzene rings is 3. The van der Waals surface area contributed by atoms with E-state index in [1.807, 2.05) is 67.6 Å². The SMILES string of the molecule is CCc1ccc(C)c(C(C(N)=O)(c2ccccc2)c2ccccc2)c1. The van der Waals surface area contributed by atoms with E-state index < -0.39 is 5.41 Å². The molecule has 0 saturated carbocycles. The smallest absolute Gasteiger partial charge is 0.237 e. The largest absolute Gasteiger partial charge is 0.368 e. The molecule has 2 heteroatoms. The van der Waals surface area contributed by atoms with Gasteiger partial charge in [-0.25, -0.2) is 0 Å². The lowest BCUT2D eigenvalue weighted by molar-refractivity contribution is -0.121. The van der Waals surface area contributed by atoms with Gasteiger partial charge in [-0.1, -0.05) is 85.8 Å². The molecule has 0 radical (unpaired) electrons. The summed E-state index contributed by atoms with van der Waals surface area (Å²) in [6.07, 6.45) is 0.908. The van der Waals surface area contributed by atoms with Crippen molar-refractivity contribution < 1.29 is 4.79 Å². The number of nitrogens with two attached hydrogens (primary N) is 1. The fourth-order valence-corrected chi connectivity index (χ4v) is 3.56. The summed E-state index contributed by atoms with van der Waals surface area (Å²) in [5.41, 5.74) is 10.1. The van der Waals surface area contributed by atoms with Crippen LogP contribution >= 0.6 is 0 Å². The zero-order valence-corrected chi connectivity index (χ0v) is 14.7.